The highest BCUT2D eigenvalue weighted by molar-refractivity contribution is 5.78. The van der Waals surface area contributed by atoms with Crippen LogP contribution in [0, 0.1) is 6.92 Å². The molecule has 1 amide bonds. The van der Waals surface area contributed by atoms with E-state index in [1.165, 1.54) is 5.56 Å². The number of aryl methyl sites for hydroxylation is 1. The molecule has 1 unspecified atom stereocenters. The molecule has 3 nitrogen and oxygen atoms in total. The van der Waals surface area contributed by atoms with Crippen molar-refractivity contribution in [2.24, 2.45) is 0 Å². The van der Waals surface area contributed by atoms with E-state index < -0.39 is 0 Å². The molecule has 1 heterocycles. The van der Waals surface area contributed by atoms with Gasteiger partial charge in [0, 0.05) is 13.1 Å². The maximum absolute atomic E-state index is 12.3. The standard InChI is InChI=1S/C16H24N2O/c1-13-5-7-14(8-6-13)12-16(19)18(2)15-4-3-10-17-11-9-15/h5-8,15,17H,3-4,9-12H2,1-2H3. The van der Waals surface area contributed by atoms with Gasteiger partial charge in [0.2, 0.25) is 5.91 Å². The lowest BCUT2D eigenvalue weighted by atomic mass is 10.1. The van der Waals surface area contributed by atoms with Gasteiger partial charge in [-0.05, 0) is 44.8 Å². The lowest BCUT2D eigenvalue weighted by Gasteiger charge is -2.27. The summed E-state index contributed by atoms with van der Waals surface area (Å²) in [6, 6.07) is 8.63. The van der Waals surface area contributed by atoms with Crippen LogP contribution >= 0.6 is 0 Å². The van der Waals surface area contributed by atoms with Gasteiger partial charge in [0.1, 0.15) is 0 Å². The van der Waals surface area contributed by atoms with Crippen LogP contribution in [0.3, 0.4) is 0 Å². The van der Waals surface area contributed by atoms with Gasteiger partial charge in [-0.25, -0.2) is 0 Å². The Labute approximate surface area is 116 Å². The summed E-state index contributed by atoms with van der Waals surface area (Å²) < 4.78 is 0. The van der Waals surface area contributed by atoms with E-state index in [9.17, 15) is 4.79 Å². The van der Waals surface area contributed by atoms with Gasteiger partial charge in [0.15, 0.2) is 0 Å². The molecule has 1 saturated heterocycles. The van der Waals surface area contributed by atoms with Gasteiger partial charge in [-0.15, -0.1) is 0 Å². The van der Waals surface area contributed by atoms with Crippen LogP contribution < -0.4 is 5.32 Å². The second-order valence-corrected chi connectivity index (χ2v) is 5.50. The lowest BCUT2D eigenvalue weighted by molar-refractivity contribution is -0.131. The molecule has 1 atom stereocenters. The number of amides is 1. The van der Waals surface area contributed by atoms with E-state index in [2.05, 4.69) is 36.5 Å². The third-order valence-electron chi connectivity index (χ3n) is 3.96. The highest BCUT2D eigenvalue weighted by Crippen LogP contribution is 2.14. The van der Waals surface area contributed by atoms with Crippen LogP contribution in [0.4, 0.5) is 0 Å². The average molecular weight is 260 g/mol. The molecule has 3 heteroatoms. The van der Waals surface area contributed by atoms with Gasteiger partial charge in [-0.1, -0.05) is 29.8 Å². The molecule has 1 aromatic carbocycles. The van der Waals surface area contributed by atoms with Crippen molar-refractivity contribution in [3.8, 4) is 0 Å². The first-order valence-corrected chi connectivity index (χ1v) is 7.19. The Bertz CT molecular complexity index is 405. The highest BCUT2D eigenvalue weighted by atomic mass is 16.2. The molecular formula is C16H24N2O. The normalized spacial score (nSPS) is 19.8. The number of hydrogen-bond donors (Lipinski definition) is 1. The van der Waals surface area contributed by atoms with Gasteiger partial charge in [-0.2, -0.15) is 0 Å². The molecule has 104 valence electrons. The molecule has 0 spiro atoms. The summed E-state index contributed by atoms with van der Waals surface area (Å²) >= 11 is 0. The van der Waals surface area contributed by atoms with Crippen molar-refractivity contribution in [3.63, 3.8) is 0 Å². The fourth-order valence-corrected chi connectivity index (χ4v) is 2.60. The van der Waals surface area contributed by atoms with Crippen LogP contribution in [0.5, 0.6) is 0 Å². The Hall–Kier alpha value is -1.35. The summed E-state index contributed by atoms with van der Waals surface area (Å²) in [6.07, 6.45) is 3.85. The molecular weight excluding hydrogens is 236 g/mol. The molecule has 2 rings (SSSR count). The molecule has 0 aromatic heterocycles. The Kier molecular flexibility index (Phi) is 4.97. The quantitative estimate of drug-likeness (QED) is 0.903. The number of nitrogens with zero attached hydrogens (tertiary/aromatic N) is 1. The summed E-state index contributed by atoms with van der Waals surface area (Å²) in [5.41, 5.74) is 2.34. The number of nitrogens with one attached hydrogen (secondary N) is 1. The number of benzene rings is 1. The van der Waals surface area contributed by atoms with E-state index >= 15 is 0 Å². The molecule has 1 aliphatic rings. The van der Waals surface area contributed by atoms with Crippen molar-refractivity contribution in [2.75, 3.05) is 20.1 Å². The maximum Gasteiger partial charge on any atom is 0.226 e. The Morgan fingerprint density at radius 2 is 2.00 bits per heavy atom. The fraction of sp³-hybridized carbons (Fsp3) is 0.562. The van der Waals surface area contributed by atoms with Gasteiger partial charge in [0.05, 0.1) is 6.42 Å². The number of rotatable bonds is 3. The summed E-state index contributed by atoms with van der Waals surface area (Å²) in [5.74, 6) is 0.232. The molecule has 0 bridgehead atoms. The monoisotopic (exact) mass is 260 g/mol. The van der Waals surface area contributed by atoms with Gasteiger partial charge < -0.3 is 10.2 Å². The van der Waals surface area contributed by atoms with E-state index in [4.69, 9.17) is 0 Å². The van der Waals surface area contributed by atoms with Crippen molar-refractivity contribution in [2.45, 2.75) is 38.6 Å². The van der Waals surface area contributed by atoms with Gasteiger partial charge in [-0.3, -0.25) is 4.79 Å². The van der Waals surface area contributed by atoms with Crippen LogP contribution in [-0.4, -0.2) is 37.0 Å². The van der Waals surface area contributed by atoms with Crippen LogP contribution in [0.25, 0.3) is 0 Å². The topological polar surface area (TPSA) is 32.3 Å². The minimum atomic E-state index is 0.232. The molecule has 0 saturated carbocycles. The van der Waals surface area contributed by atoms with E-state index in [0.717, 1.165) is 37.9 Å². The molecule has 19 heavy (non-hydrogen) atoms. The Morgan fingerprint density at radius 1 is 1.26 bits per heavy atom. The zero-order valence-corrected chi connectivity index (χ0v) is 12.0. The summed E-state index contributed by atoms with van der Waals surface area (Å²) in [5, 5.41) is 3.39. The van der Waals surface area contributed by atoms with Crippen LogP contribution in [-0.2, 0) is 11.2 Å². The first kappa shape index (κ1) is 14.1. The second-order valence-electron chi connectivity index (χ2n) is 5.50. The first-order valence-electron chi connectivity index (χ1n) is 7.19. The number of carbonyl (C=O) groups is 1. The van der Waals surface area contributed by atoms with Crippen molar-refractivity contribution in [1.82, 2.24) is 10.2 Å². The third-order valence-corrected chi connectivity index (χ3v) is 3.96. The maximum atomic E-state index is 12.3. The summed E-state index contributed by atoms with van der Waals surface area (Å²) in [7, 11) is 1.95. The van der Waals surface area contributed by atoms with Gasteiger partial charge >= 0.3 is 0 Å². The van der Waals surface area contributed by atoms with Crippen molar-refractivity contribution >= 4 is 5.91 Å². The first-order chi connectivity index (χ1) is 9.16. The van der Waals surface area contributed by atoms with E-state index in [1.807, 2.05) is 11.9 Å². The smallest absolute Gasteiger partial charge is 0.226 e. The minimum absolute atomic E-state index is 0.232. The molecule has 1 aromatic rings. The fourth-order valence-electron chi connectivity index (χ4n) is 2.60. The van der Waals surface area contributed by atoms with Crippen molar-refractivity contribution < 1.29 is 4.79 Å². The van der Waals surface area contributed by atoms with E-state index in [0.29, 0.717) is 12.5 Å². The van der Waals surface area contributed by atoms with Crippen LogP contribution in [0.15, 0.2) is 24.3 Å². The van der Waals surface area contributed by atoms with E-state index in [1.54, 1.807) is 0 Å². The summed E-state index contributed by atoms with van der Waals surface area (Å²) in [4.78, 5) is 14.3. The molecule has 1 fully saturated rings. The van der Waals surface area contributed by atoms with Crippen LogP contribution in [0.2, 0.25) is 0 Å². The summed E-state index contributed by atoms with van der Waals surface area (Å²) in [6.45, 7) is 4.17. The largest absolute Gasteiger partial charge is 0.342 e. The Morgan fingerprint density at radius 3 is 2.74 bits per heavy atom. The molecule has 1 N–H and O–H groups in total. The SMILES string of the molecule is Cc1ccc(CC(=O)N(C)C2CCCNCC2)cc1. The number of carbonyl (C=O) groups excluding carboxylic acids is 1. The predicted octanol–water partition coefficient (Wildman–Crippen LogP) is 2.14. The molecule has 0 radical (unpaired) electrons. The van der Waals surface area contributed by atoms with E-state index in [-0.39, 0.29) is 5.91 Å². The molecule has 1 aliphatic heterocycles. The number of hydrogen-bond acceptors (Lipinski definition) is 2. The minimum Gasteiger partial charge on any atom is -0.342 e. The number of likely N-dealkylation sites (N-methyl/N-ethyl adjacent to an activating group) is 1. The predicted molar refractivity (Wildman–Crippen MR) is 78.2 cm³/mol. The highest BCUT2D eigenvalue weighted by Gasteiger charge is 2.20. The second kappa shape index (κ2) is 6.71. The molecule has 0 aliphatic carbocycles. The van der Waals surface area contributed by atoms with Gasteiger partial charge in [0.25, 0.3) is 0 Å². The third kappa shape index (κ3) is 4.06. The lowest BCUT2D eigenvalue weighted by Crippen LogP contribution is -2.38. The van der Waals surface area contributed by atoms with Crippen molar-refractivity contribution in [3.05, 3.63) is 35.4 Å². The zero-order chi connectivity index (χ0) is 13.7. The zero-order valence-electron chi connectivity index (χ0n) is 12.0. The van der Waals surface area contributed by atoms with Crippen LogP contribution in [0.1, 0.15) is 30.4 Å². The van der Waals surface area contributed by atoms with Crippen molar-refractivity contribution in [1.29, 1.82) is 0 Å². The average Bonchev–Trinajstić information content (AvgIpc) is 2.69. The Balaban J connectivity index is 1.92.